The lowest BCUT2D eigenvalue weighted by molar-refractivity contribution is -0.386. The van der Waals surface area contributed by atoms with E-state index >= 15 is 0 Å². The molecule has 11 heteroatoms. The van der Waals surface area contributed by atoms with Gasteiger partial charge in [0.05, 0.1) is 23.5 Å². The molecule has 1 fully saturated rings. The number of ether oxygens (including phenoxy) is 2. The fourth-order valence-corrected chi connectivity index (χ4v) is 3.89. The second kappa shape index (κ2) is 7.66. The Kier molecular flexibility index (Phi) is 5.80. The number of hydrogen-bond donors (Lipinski definition) is 0. The summed E-state index contributed by atoms with van der Waals surface area (Å²) in [6.45, 7) is 2.48. The predicted octanol–water partition coefficient (Wildman–Crippen LogP) is 1.07. The van der Waals surface area contributed by atoms with Crippen LogP contribution in [0.2, 0.25) is 0 Å². The highest BCUT2D eigenvalue weighted by atomic mass is 32.2. The van der Waals surface area contributed by atoms with E-state index in [1.807, 2.05) is 0 Å². The summed E-state index contributed by atoms with van der Waals surface area (Å²) >= 11 is 0. The molecule has 1 aliphatic rings. The van der Waals surface area contributed by atoms with Crippen LogP contribution in [0.25, 0.3) is 0 Å². The number of benzene rings is 1. The van der Waals surface area contributed by atoms with Crippen LogP contribution in [-0.2, 0) is 14.8 Å². The molecule has 1 aromatic rings. The normalized spacial score (nSPS) is 15.7. The standard InChI is InChI=1S/C14H19N3O7S/c1-3-24-14(18)15-6-8-16(9-7-15)25(21,22)11-4-5-13(23-2)12(10-11)17(19)20/h4-5,10H,3,6-9H2,1-2H3. The van der Waals surface area contributed by atoms with Gasteiger partial charge >= 0.3 is 11.8 Å². The summed E-state index contributed by atoms with van der Waals surface area (Å²) in [5.74, 6) is -0.0175. The largest absolute Gasteiger partial charge is 0.490 e. The van der Waals surface area contributed by atoms with Crippen LogP contribution in [0.4, 0.5) is 10.5 Å². The van der Waals surface area contributed by atoms with Gasteiger partial charge in [-0.15, -0.1) is 0 Å². The molecule has 1 aliphatic heterocycles. The Balaban J connectivity index is 2.19. The highest BCUT2D eigenvalue weighted by molar-refractivity contribution is 7.89. The molecular formula is C14H19N3O7S. The third-order valence-corrected chi connectivity index (χ3v) is 5.64. The van der Waals surface area contributed by atoms with Crippen molar-refractivity contribution in [2.24, 2.45) is 0 Å². The Bertz CT molecular complexity index is 758. The number of piperazine rings is 1. The third-order valence-electron chi connectivity index (χ3n) is 3.75. The highest BCUT2D eigenvalue weighted by Gasteiger charge is 2.32. The van der Waals surface area contributed by atoms with Gasteiger partial charge in [0.1, 0.15) is 0 Å². The quantitative estimate of drug-likeness (QED) is 0.559. The SMILES string of the molecule is CCOC(=O)N1CCN(S(=O)(=O)c2ccc(OC)c([N+](=O)[O-])c2)CC1. The van der Waals surface area contributed by atoms with Crippen molar-refractivity contribution in [3.8, 4) is 5.75 Å². The predicted molar refractivity (Wildman–Crippen MR) is 87.0 cm³/mol. The number of carbonyl (C=O) groups is 1. The molecule has 0 aliphatic carbocycles. The van der Waals surface area contributed by atoms with Crippen molar-refractivity contribution in [1.29, 1.82) is 0 Å². The third kappa shape index (κ3) is 3.99. The van der Waals surface area contributed by atoms with Crippen molar-refractivity contribution in [1.82, 2.24) is 9.21 Å². The number of hydrogen-bond acceptors (Lipinski definition) is 7. The van der Waals surface area contributed by atoms with Crippen molar-refractivity contribution in [3.63, 3.8) is 0 Å². The van der Waals surface area contributed by atoms with Gasteiger partial charge in [0, 0.05) is 32.2 Å². The van der Waals surface area contributed by atoms with Gasteiger partial charge in [-0.1, -0.05) is 0 Å². The van der Waals surface area contributed by atoms with Crippen molar-refractivity contribution >= 4 is 21.8 Å². The van der Waals surface area contributed by atoms with Crippen LogP contribution >= 0.6 is 0 Å². The first-order valence-corrected chi connectivity index (χ1v) is 8.99. The zero-order valence-electron chi connectivity index (χ0n) is 13.9. The van der Waals surface area contributed by atoms with Gasteiger partial charge in [-0.05, 0) is 19.1 Å². The molecule has 10 nitrogen and oxygen atoms in total. The van der Waals surface area contributed by atoms with Gasteiger partial charge < -0.3 is 14.4 Å². The Morgan fingerprint density at radius 2 is 1.92 bits per heavy atom. The number of nitro benzene ring substituents is 1. The van der Waals surface area contributed by atoms with Crippen LogP contribution in [0.3, 0.4) is 0 Å². The maximum atomic E-state index is 12.7. The lowest BCUT2D eigenvalue weighted by Crippen LogP contribution is -2.50. The first kappa shape index (κ1) is 18.9. The Morgan fingerprint density at radius 3 is 2.44 bits per heavy atom. The van der Waals surface area contributed by atoms with E-state index in [1.54, 1.807) is 6.92 Å². The topological polar surface area (TPSA) is 119 Å². The van der Waals surface area contributed by atoms with E-state index in [-0.39, 0.29) is 43.4 Å². The zero-order valence-corrected chi connectivity index (χ0v) is 14.7. The summed E-state index contributed by atoms with van der Waals surface area (Å²) in [6, 6.07) is 3.49. The average Bonchev–Trinajstić information content (AvgIpc) is 2.61. The maximum Gasteiger partial charge on any atom is 0.409 e. The molecule has 1 heterocycles. The highest BCUT2D eigenvalue weighted by Crippen LogP contribution is 2.30. The molecule has 0 N–H and O–H groups in total. The van der Waals surface area contributed by atoms with E-state index in [0.717, 1.165) is 6.07 Å². The minimum atomic E-state index is -3.91. The van der Waals surface area contributed by atoms with E-state index < -0.39 is 26.7 Å². The Hall–Kier alpha value is -2.40. The minimum absolute atomic E-state index is 0.0175. The van der Waals surface area contributed by atoms with Gasteiger partial charge in [-0.25, -0.2) is 13.2 Å². The molecule has 0 saturated carbocycles. The summed E-state index contributed by atoms with van der Waals surface area (Å²) in [6.07, 6.45) is -0.486. The van der Waals surface area contributed by atoms with Gasteiger partial charge in [-0.3, -0.25) is 10.1 Å². The Labute approximate surface area is 145 Å². The van der Waals surface area contributed by atoms with Gasteiger partial charge in [0.25, 0.3) is 0 Å². The van der Waals surface area contributed by atoms with E-state index in [2.05, 4.69) is 0 Å². The van der Waals surface area contributed by atoms with Gasteiger partial charge in [0.2, 0.25) is 10.0 Å². The van der Waals surface area contributed by atoms with Gasteiger partial charge in [0.15, 0.2) is 5.75 Å². The summed E-state index contributed by atoms with van der Waals surface area (Å²) in [4.78, 5) is 23.3. The number of sulfonamides is 1. The van der Waals surface area contributed by atoms with Crippen molar-refractivity contribution in [2.45, 2.75) is 11.8 Å². The second-order valence-electron chi connectivity index (χ2n) is 5.18. The van der Waals surface area contributed by atoms with E-state index in [9.17, 15) is 23.3 Å². The molecule has 1 aromatic carbocycles. The molecule has 0 spiro atoms. The number of nitro groups is 1. The lowest BCUT2D eigenvalue weighted by atomic mass is 10.3. The average molecular weight is 373 g/mol. The second-order valence-corrected chi connectivity index (χ2v) is 7.12. The maximum absolute atomic E-state index is 12.7. The van der Waals surface area contributed by atoms with Gasteiger partial charge in [-0.2, -0.15) is 4.31 Å². The zero-order chi connectivity index (χ0) is 18.6. The lowest BCUT2D eigenvalue weighted by Gasteiger charge is -2.33. The van der Waals surface area contributed by atoms with E-state index in [0.29, 0.717) is 0 Å². The molecule has 0 atom stereocenters. The molecule has 0 radical (unpaired) electrons. The molecule has 0 aromatic heterocycles. The Morgan fingerprint density at radius 1 is 1.28 bits per heavy atom. The molecule has 25 heavy (non-hydrogen) atoms. The first-order valence-electron chi connectivity index (χ1n) is 7.55. The van der Waals surface area contributed by atoms with Crippen molar-refractivity contribution in [3.05, 3.63) is 28.3 Å². The van der Waals surface area contributed by atoms with Crippen molar-refractivity contribution < 1.29 is 27.6 Å². The summed E-state index contributed by atoms with van der Waals surface area (Å²) in [7, 11) is -2.64. The molecule has 138 valence electrons. The van der Waals surface area contributed by atoms with Crippen LogP contribution in [0.1, 0.15) is 6.92 Å². The fraction of sp³-hybridized carbons (Fsp3) is 0.500. The van der Waals surface area contributed by atoms with Crippen LogP contribution in [0.5, 0.6) is 5.75 Å². The number of nitrogens with zero attached hydrogens (tertiary/aromatic N) is 3. The monoisotopic (exact) mass is 373 g/mol. The van der Waals surface area contributed by atoms with Crippen molar-refractivity contribution in [2.75, 3.05) is 39.9 Å². The molecule has 2 rings (SSSR count). The summed E-state index contributed by atoms with van der Waals surface area (Å²) < 4.78 is 36.3. The number of amides is 1. The number of carbonyl (C=O) groups excluding carboxylic acids is 1. The first-order chi connectivity index (χ1) is 11.8. The van der Waals surface area contributed by atoms with E-state index in [1.165, 1.54) is 28.4 Å². The fourth-order valence-electron chi connectivity index (χ4n) is 2.45. The number of rotatable bonds is 5. The molecule has 1 amide bonds. The molecule has 0 unspecified atom stereocenters. The summed E-state index contributed by atoms with van der Waals surface area (Å²) in [5.41, 5.74) is -0.422. The smallest absolute Gasteiger partial charge is 0.409 e. The van der Waals surface area contributed by atoms with Crippen LogP contribution in [0, 0.1) is 10.1 Å². The summed E-state index contributed by atoms with van der Waals surface area (Å²) in [5, 5.41) is 11.1. The molecular weight excluding hydrogens is 354 g/mol. The van der Waals surface area contributed by atoms with E-state index in [4.69, 9.17) is 9.47 Å². The molecule has 0 bridgehead atoms. The van der Waals surface area contributed by atoms with Crippen LogP contribution < -0.4 is 4.74 Å². The van der Waals surface area contributed by atoms with Crippen LogP contribution in [0.15, 0.2) is 23.1 Å². The van der Waals surface area contributed by atoms with Crippen LogP contribution in [-0.4, -0.2) is 68.5 Å². The minimum Gasteiger partial charge on any atom is -0.490 e. The number of methoxy groups -OCH3 is 1. The molecule has 1 saturated heterocycles.